The number of hydrogen-bond donors (Lipinski definition) is 1. The first-order valence-electron chi connectivity index (χ1n) is 9.93. The van der Waals surface area contributed by atoms with Crippen LogP contribution in [0.25, 0.3) is 21.7 Å². The van der Waals surface area contributed by atoms with Crippen molar-refractivity contribution in [2.75, 3.05) is 20.1 Å². The van der Waals surface area contributed by atoms with Gasteiger partial charge in [-0.1, -0.05) is 30.3 Å². The lowest BCUT2D eigenvalue weighted by Crippen LogP contribution is -2.29. The van der Waals surface area contributed by atoms with Crippen LogP contribution in [-0.2, 0) is 9.84 Å². The van der Waals surface area contributed by atoms with E-state index in [-0.39, 0.29) is 0 Å². The maximum absolute atomic E-state index is 13.3. The number of nitrogens with zero attached hydrogens (tertiary/aromatic N) is 2. The van der Waals surface area contributed by atoms with E-state index in [0.29, 0.717) is 15.7 Å². The number of sulfone groups is 1. The second kappa shape index (κ2) is 6.97. The van der Waals surface area contributed by atoms with Crippen LogP contribution in [0.5, 0.6) is 0 Å². The van der Waals surface area contributed by atoms with E-state index < -0.39 is 9.84 Å². The quantitative estimate of drug-likeness (QED) is 0.550. The Morgan fingerprint density at radius 1 is 0.931 bits per heavy atom. The molecular formula is C23H23N3O2S. The number of hydrogen-bond acceptors (Lipinski definition) is 4. The van der Waals surface area contributed by atoms with E-state index in [1.807, 2.05) is 36.4 Å². The van der Waals surface area contributed by atoms with Crippen molar-refractivity contribution >= 4 is 31.5 Å². The Labute approximate surface area is 170 Å². The first kappa shape index (κ1) is 18.3. The molecule has 0 unspecified atom stereocenters. The normalized spacial score (nSPS) is 16.6. The van der Waals surface area contributed by atoms with Gasteiger partial charge < -0.3 is 4.90 Å². The molecule has 6 heteroatoms. The van der Waals surface area contributed by atoms with E-state index in [1.54, 1.807) is 24.3 Å². The lowest BCUT2D eigenvalue weighted by atomic mass is 9.92. The maximum Gasteiger partial charge on any atom is 0.206 e. The number of fused-ring (bicyclic) bond motifs is 2. The van der Waals surface area contributed by atoms with Crippen molar-refractivity contribution in [3.63, 3.8) is 0 Å². The Balaban J connectivity index is 1.57. The second-order valence-corrected chi connectivity index (χ2v) is 9.86. The van der Waals surface area contributed by atoms with Gasteiger partial charge in [0.15, 0.2) is 0 Å². The van der Waals surface area contributed by atoms with Crippen LogP contribution >= 0.6 is 0 Å². The summed E-state index contributed by atoms with van der Waals surface area (Å²) in [4.78, 5) is 2.96. The van der Waals surface area contributed by atoms with Gasteiger partial charge in [0.1, 0.15) is 0 Å². The minimum absolute atomic E-state index is 0.316. The average Bonchev–Trinajstić information content (AvgIpc) is 3.17. The summed E-state index contributed by atoms with van der Waals surface area (Å²) in [6.07, 6.45) is 2.08. The van der Waals surface area contributed by atoms with Crippen LogP contribution < -0.4 is 0 Å². The Hall–Kier alpha value is -2.70. The minimum Gasteiger partial charge on any atom is -0.306 e. The van der Waals surface area contributed by atoms with E-state index in [4.69, 9.17) is 0 Å². The predicted molar refractivity (Wildman–Crippen MR) is 115 cm³/mol. The molecule has 0 aliphatic carbocycles. The van der Waals surface area contributed by atoms with Crippen LogP contribution in [0.3, 0.4) is 0 Å². The molecule has 1 fully saturated rings. The Morgan fingerprint density at radius 2 is 1.62 bits per heavy atom. The highest BCUT2D eigenvalue weighted by molar-refractivity contribution is 7.91. The molecule has 5 rings (SSSR count). The third kappa shape index (κ3) is 3.22. The van der Waals surface area contributed by atoms with E-state index in [9.17, 15) is 8.42 Å². The summed E-state index contributed by atoms with van der Waals surface area (Å²) in [5.74, 6) is 0.360. The molecule has 2 heterocycles. The molecule has 0 saturated carbocycles. The summed E-state index contributed by atoms with van der Waals surface area (Å²) < 4.78 is 26.7. The molecule has 29 heavy (non-hydrogen) atoms. The van der Waals surface area contributed by atoms with Gasteiger partial charge in [-0.15, -0.1) is 0 Å². The zero-order chi connectivity index (χ0) is 20.0. The van der Waals surface area contributed by atoms with Gasteiger partial charge in [0.05, 0.1) is 21.0 Å². The number of piperidine rings is 1. The summed E-state index contributed by atoms with van der Waals surface area (Å²) >= 11 is 0. The molecule has 4 aromatic rings. The molecule has 3 aromatic carbocycles. The third-order valence-corrected chi connectivity index (χ3v) is 7.76. The monoisotopic (exact) mass is 405 g/mol. The predicted octanol–water partition coefficient (Wildman–Crippen LogP) is 4.36. The fraction of sp³-hybridized carbons (Fsp3) is 0.261. The van der Waals surface area contributed by atoms with Crippen LogP contribution in [0, 0.1) is 0 Å². The largest absolute Gasteiger partial charge is 0.306 e. The topological polar surface area (TPSA) is 66.1 Å². The molecule has 0 amide bonds. The molecule has 5 nitrogen and oxygen atoms in total. The molecular weight excluding hydrogens is 382 g/mol. The fourth-order valence-corrected chi connectivity index (χ4v) is 5.57. The van der Waals surface area contributed by atoms with Crippen molar-refractivity contribution in [2.24, 2.45) is 0 Å². The van der Waals surface area contributed by atoms with Gasteiger partial charge in [-0.2, -0.15) is 5.10 Å². The fourth-order valence-electron chi connectivity index (χ4n) is 4.24. The number of likely N-dealkylation sites (tertiary alicyclic amines) is 1. The van der Waals surface area contributed by atoms with Crippen molar-refractivity contribution in [1.29, 1.82) is 0 Å². The summed E-state index contributed by atoms with van der Waals surface area (Å²) in [6.45, 7) is 2.07. The summed E-state index contributed by atoms with van der Waals surface area (Å²) in [6, 6.07) is 18.4. The molecule has 1 aliphatic rings. The zero-order valence-electron chi connectivity index (χ0n) is 16.3. The molecule has 0 bridgehead atoms. The van der Waals surface area contributed by atoms with Gasteiger partial charge in [-0.25, -0.2) is 8.42 Å². The molecule has 1 aromatic heterocycles. The average molecular weight is 406 g/mol. The highest BCUT2D eigenvalue weighted by Gasteiger charge is 2.24. The second-order valence-electron chi connectivity index (χ2n) is 7.91. The van der Waals surface area contributed by atoms with Crippen LogP contribution in [0.1, 0.15) is 24.5 Å². The van der Waals surface area contributed by atoms with Crippen LogP contribution in [-0.4, -0.2) is 43.7 Å². The molecule has 0 atom stereocenters. The summed E-state index contributed by atoms with van der Waals surface area (Å²) in [5.41, 5.74) is 1.88. The van der Waals surface area contributed by atoms with Gasteiger partial charge in [0, 0.05) is 11.3 Å². The van der Waals surface area contributed by atoms with Gasteiger partial charge in [-0.05, 0) is 74.1 Å². The lowest BCUT2D eigenvalue weighted by Gasteiger charge is -2.28. The van der Waals surface area contributed by atoms with Crippen LogP contribution in [0.2, 0.25) is 0 Å². The van der Waals surface area contributed by atoms with E-state index in [0.717, 1.165) is 53.3 Å². The maximum atomic E-state index is 13.3. The number of benzene rings is 3. The standard InChI is InChI=1S/C23H23N3O2S/c1-26-12-10-17(11-13-26)23-21-15-20(8-9-22(21)24-25-23)29(27,28)19-7-6-16-4-2-3-5-18(16)14-19/h2-9,14-15,17H,10-13H2,1H3,(H,24,25). The van der Waals surface area contributed by atoms with Crippen molar-refractivity contribution in [3.8, 4) is 0 Å². The third-order valence-electron chi connectivity index (χ3n) is 6.01. The van der Waals surface area contributed by atoms with E-state index >= 15 is 0 Å². The van der Waals surface area contributed by atoms with Gasteiger partial charge in [-0.3, -0.25) is 5.10 Å². The molecule has 0 spiro atoms. The molecule has 1 saturated heterocycles. The van der Waals surface area contributed by atoms with Gasteiger partial charge >= 0.3 is 0 Å². The summed E-state index contributed by atoms with van der Waals surface area (Å²) in [5, 5.41) is 10.5. The van der Waals surface area contributed by atoms with Crippen molar-refractivity contribution < 1.29 is 8.42 Å². The van der Waals surface area contributed by atoms with Gasteiger partial charge in [0.2, 0.25) is 9.84 Å². The number of aromatic nitrogens is 2. The number of rotatable bonds is 3. The molecule has 148 valence electrons. The Bertz CT molecular complexity index is 1300. The van der Waals surface area contributed by atoms with E-state index in [2.05, 4.69) is 22.1 Å². The van der Waals surface area contributed by atoms with Crippen molar-refractivity contribution in [2.45, 2.75) is 28.6 Å². The molecule has 1 aliphatic heterocycles. The Kier molecular flexibility index (Phi) is 4.41. The number of H-pyrrole nitrogens is 1. The smallest absolute Gasteiger partial charge is 0.206 e. The number of nitrogens with one attached hydrogen (secondary N) is 1. The summed E-state index contributed by atoms with van der Waals surface area (Å²) in [7, 11) is -1.47. The van der Waals surface area contributed by atoms with Crippen LogP contribution in [0.4, 0.5) is 0 Å². The first-order chi connectivity index (χ1) is 14.0. The first-order valence-corrected chi connectivity index (χ1v) is 11.4. The van der Waals surface area contributed by atoms with Crippen molar-refractivity contribution in [1.82, 2.24) is 15.1 Å². The van der Waals surface area contributed by atoms with Gasteiger partial charge in [0.25, 0.3) is 0 Å². The lowest BCUT2D eigenvalue weighted by molar-refractivity contribution is 0.254. The molecule has 0 radical (unpaired) electrons. The van der Waals surface area contributed by atoms with Crippen molar-refractivity contribution in [3.05, 3.63) is 66.4 Å². The number of aromatic amines is 1. The SMILES string of the molecule is CN1CCC(c2n[nH]c3ccc(S(=O)(=O)c4ccc5ccccc5c4)cc23)CC1. The highest BCUT2D eigenvalue weighted by atomic mass is 32.2. The molecule has 1 N–H and O–H groups in total. The van der Waals surface area contributed by atoms with E-state index in [1.165, 1.54) is 0 Å². The Morgan fingerprint density at radius 3 is 2.41 bits per heavy atom. The highest BCUT2D eigenvalue weighted by Crippen LogP contribution is 2.33. The van der Waals surface area contributed by atoms with Crippen LogP contribution in [0.15, 0.2) is 70.5 Å². The minimum atomic E-state index is -3.61. The zero-order valence-corrected chi connectivity index (χ0v) is 17.1.